The number of rotatable bonds is 5. The Labute approximate surface area is 209 Å². The number of halogens is 6. The molecule has 16 heteroatoms. The highest BCUT2D eigenvalue weighted by Crippen LogP contribution is 2.31. The summed E-state index contributed by atoms with van der Waals surface area (Å²) in [6.45, 7) is 2.83. The minimum atomic E-state index is -4.79. The first kappa shape index (κ1) is 26.6. The van der Waals surface area contributed by atoms with E-state index in [1.807, 2.05) is 0 Å². The number of alkyl halides is 6. The molecule has 0 atom stereocenters. The molecule has 0 bridgehead atoms. The second kappa shape index (κ2) is 9.44. The zero-order valence-corrected chi connectivity index (χ0v) is 19.4. The summed E-state index contributed by atoms with van der Waals surface area (Å²) in [4.78, 5) is 35.0. The molecule has 0 spiro atoms. The number of pyridine rings is 2. The van der Waals surface area contributed by atoms with Gasteiger partial charge in [-0.05, 0) is 38.1 Å². The van der Waals surface area contributed by atoms with Crippen molar-refractivity contribution in [2.45, 2.75) is 31.8 Å². The lowest BCUT2D eigenvalue weighted by Crippen LogP contribution is -2.27. The normalized spacial score (nSPS) is 12.4. The molecule has 0 unspecified atom stereocenters. The average molecular weight is 538 g/mol. The number of aliphatic hydroxyl groups is 1. The first-order chi connectivity index (χ1) is 17.6. The molecule has 10 nitrogen and oxygen atoms in total. The van der Waals surface area contributed by atoms with Crippen LogP contribution in [0, 0.1) is 0 Å². The van der Waals surface area contributed by atoms with Gasteiger partial charge in [-0.15, -0.1) is 0 Å². The van der Waals surface area contributed by atoms with Gasteiger partial charge in [0.05, 0.1) is 5.60 Å². The summed E-state index contributed by atoms with van der Waals surface area (Å²) in [5, 5.41) is 12.8. The van der Waals surface area contributed by atoms with Gasteiger partial charge in [0.2, 0.25) is 11.9 Å². The predicted octanol–water partition coefficient (Wildman–Crippen LogP) is 3.88. The van der Waals surface area contributed by atoms with Crippen LogP contribution in [0.4, 0.5) is 38.0 Å². The summed E-state index contributed by atoms with van der Waals surface area (Å²) in [7, 11) is 0. The van der Waals surface area contributed by atoms with Gasteiger partial charge in [-0.3, -0.25) is 4.98 Å². The van der Waals surface area contributed by atoms with Gasteiger partial charge in [0.15, 0.2) is 5.82 Å². The van der Waals surface area contributed by atoms with Crippen molar-refractivity contribution in [2.75, 3.05) is 5.32 Å². The van der Waals surface area contributed by atoms with E-state index >= 15 is 0 Å². The first-order valence-electron chi connectivity index (χ1n) is 10.5. The van der Waals surface area contributed by atoms with Crippen LogP contribution in [0.25, 0.3) is 17.5 Å². The Morgan fingerprint density at radius 1 is 0.895 bits per heavy atom. The van der Waals surface area contributed by atoms with E-state index in [9.17, 15) is 36.2 Å². The topological polar surface area (TPSA) is 132 Å². The Morgan fingerprint density at radius 3 is 2.26 bits per heavy atom. The smallest absolute Gasteiger partial charge is 0.386 e. The maximum atomic E-state index is 13.2. The van der Waals surface area contributed by atoms with E-state index in [1.165, 1.54) is 26.0 Å². The number of aromatic nitrogens is 7. The summed E-state index contributed by atoms with van der Waals surface area (Å²) in [6.07, 6.45) is -6.40. The molecule has 0 aromatic carbocycles. The molecule has 0 radical (unpaired) electrons. The molecule has 4 aromatic heterocycles. The fourth-order valence-electron chi connectivity index (χ4n) is 3.03. The van der Waals surface area contributed by atoms with Crippen LogP contribution in [-0.4, -0.2) is 39.6 Å². The zero-order valence-electron chi connectivity index (χ0n) is 19.4. The van der Waals surface area contributed by atoms with Crippen molar-refractivity contribution in [3.05, 3.63) is 76.4 Å². The van der Waals surface area contributed by atoms with Crippen molar-refractivity contribution >= 4 is 11.6 Å². The van der Waals surface area contributed by atoms with Gasteiger partial charge < -0.3 is 10.4 Å². The largest absolute Gasteiger partial charge is 0.433 e. The van der Waals surface area contributed by atoms with Gasteiger partial charge in [-0.25, -0.2) is 19.3 Å². The Hall–Kier alpha value is -4.47. The molecule has 4 heterocycles. The maximum Gasteiger partial charge on any atom is 0.433 e. The predicted molar refractivity (Wildman–Crippen MR) is 119 cm³/mol. The fraction of sp³-hybridized carbons (Fsp3) is 0.227. The molecule has 4 rings (SSSR count). The lowest BCUT2D eigenvalue weighted by molar-refractivity contribution is -0.141. The minimum Gasteiger partial charge on any atom is -0.386 e. The van der Waals surface area contributed by atoms with Gasteiger partial charge in [-0.1, -0.05) is 6.07 Å². The van der Waals surface area contributed by atoms with Crippen molar-refractivity contribution in [3.8, 4) is 17.5 Å². The summed E-state index contributed by atoms with van der Waals surface area (Å²) < 4.78 is 79.8. The highest BCUT2D eigenvalue weighted by molar-refractivity contribution is 5.58. The molecule has 0 aliphatic carbocycles. The van der Waals surface area contributed by atoms with Crippen molar-refractivity contribution in [1.29, 1.82) is 0 Å². The second-order valence-corrected chi connectivity index (χ2v) is 8.30. The molecule has 0 aliphatic rings. The van der Waals surface area contributed by atoms with Gasteiger partial charge in [0.1, 0.15) is 17.1 Å². The van der Waals surface area contributed by atoms with Crippen molar-refractivity contribution in [1.82, 2.24) is 34.5 Å². The number of nitrogens with zero attached hydrogens (tertiary/aromatic N) is 7. The van der Waals surface area contributed by atoms with Crippen LogP contribution in [0.5, 0.6) is 0 Å². The molecule has 0 aliphatic heterocycles. The van der Waals surface area contributed by atoms with Gasteiger partial charge >= 0.3 is 18.0 Å². The van der Waals surface area contributed by atoms with E-state index < -0.39 is 52.8 Å². The zero-order chi connectivity index (χ0) is 27.9. The quantitative estimate of drug-likeness (QED) is 0.364. The van der Waals surface area contributed by atoms with E-state index in [1.54, 1.807) is 0 Å². The van der Waals surface area contributed by atoms with Crippen molar-refractivity contribution < 1.29 is 31.4 Å². The van der Waals surface area contributed by atoms with E-state index in [2.05, 4.69) is 35.2 Å². The summed E-state index contributed by atoms with van der Waals surface area (Å²) >= 11 is 0. The standard InChI is InChI=1S/C22H16F6N8O2/c1-20(2,38)11-9-30-19(37)36(10-11)18-34-16(13-4-3-5-14(32-13)21(23,24)25)33-17(35-18)31-12-6-7-29-15(8-12)22(26,27)28/h3-10,38H,1-2H3,(H,29,31,33,34,35). The molecule has 198 valence electrons. The summed E-state index contributed by atoms with van der Waals surface area (Å²) in [5.74, 6) is -1.32. The molecule has 0 saturated carbocycles. The molecular weight excluding hydrogens is 522 g/mol. The van der Waals surface area contributed by atoms with Crippen LogP contribution in [0.3, 0.4) is 0 Å². The van der Waals surface area contributed by atoms with E-state index in [0.717, 1.165) is 35.3 Å². The Kier molecular flexibility index (Phi) is 6.61. The van der Waals surface area contributed by atoms with Crippen LogP contribution in [0.1, 0.15) is 30.8 Å². The number of anilines is 2. The van der Waals surface area contributed by atoms with E-state index in [0.29, 0.717) is 6.07 Å². The number of hydrogen-bond acceptors (Lipinski definition) is 9. The highest BCUT2D eigenvalue weighted by Gasteiger charge is 2.33. The van der Waals surface area contributed by atoms with Crippen LogP contribution in [0.15, 0.2) is 53.7 Å². The van der Waals surface area contributed by atoms with E-state index in [4.69, 9.17) is 0 Å². The van der Waals surface area contributed by atoms with Crippen molar-refractivity contribution in [2.24, 2.45) is 0 Å². The minimum absolute atomic E-state index is 0.162. The SMILES string of the molecule is CC(C)(O)c1cnc(=O)n(-c2nc(Nc3ccnc(C(F)(F)F)c3)nc(-c3cccc(C(F)(F)F)n3)n2)c1. The average Bonchev–Trinajstić information content (AvgIpc) is 2.82. The summed E-state index contributed by atoms with van der Waals surface area (Å²) in [5.41, 5.74) is -5.21. The third-order valence-electron chi connectivity index (χ3n) is 4.91. The lowest BCUT2D eigenvalue weighted by atomic mass is 10.0. The molecule has 38 heavy (non-hydrogen) atoms. The third-order valence-corrected chi connectivity index (χ3v) is 4.91. The first-order valence-corrected chi connectivity index (χ1v) is 10.5. The lowest BCUT2D eigenvalue weighted by Gasteiger charge is -2.18. The number of nitrogens with one attached hydrogen (secondary N) is 1. The maximum absolute atomic E-state index is 13.2. The van der Waals surface area contributed by atoms with Crippen molar-refractivity contribution in [3.63, 3.8) is 0 Å². The van der Waals surface area contributed by atoms with Gasteiger partial charge in [-0.2, -0.15) is 41.3 Å². The second-order valence-electron chi connectivity index (χ2n) is 8.30. The molecule has 0 amide bonds. The number of hydrogen-bond donors (Lipinski definition) is 2. The Bertz CT molecular complexity index is 1550. The Balaban J connectivity index is 1.89. The molecular formula is C22H16F6N8O2. The van der Waals surface area contributed by atoms with Crippen LogP contribution < -0.4 is 11.0 Å². The van der Waals surface area contributed by atoms with Gasteiger partial charge in [0, 0.05) is 29.8 Å². The molecule has 2 N–H and O–H groups in total. The fourth-order valence-corrected chi connectivity index (χ4v) is 3.03. The van der Waals surface area contributed by atoms with Crippen LogP contribution in [0.2, 0.25) is 0 Å². The molecule has 4 aromatic rings. The molecule has 0 saturated heterocycles. The Morgan fingerprint density at radius 2 is 1.61 bits per heavy atom. The third kappa shape index (κ3) is 5.91. The molecule has 0 fully saturated rings. The highest BCUT2D eigenvalue weighted by atomic mass is 19.4. The van der Waals surface area contributed by atoms with Crippen LogP contribution in [-0.2, 0) is 18.0 Å². The monoisotopic (exact) mass is 538 g/mol. The van der Waals surface area contributed by atoms with E-state index in [-0.39, 0.29) is 16.9 Å². The van der Waals surface area contributed by atoms with Crippen LogP contribution >= 0.6 is 0 Å². The summed E-state index contributed by atoms with van der Waals surface area (Å²) in [6, 6.07) is 4.78. The van der Waals surface area contributed by atoms with Gasteiger partial charge in [0.25, 0.3) is 0 Å².